The van der Waals surface area contributed by atoms with E-state index >= 15 is 0 Å². The van der Waals surface area contributed by atoms with Crippen molar-refractivity contribution < 1.29 is 9.53 Å². The lowest BCUT2D eigenvalue weighted by Crippen LogP contribution is -2.41. The molecule has 0 atom stereocenters. The minimum absolute atomic E-state index is 0.00910. The second-order valence-electron chi connectivity index (χ2n) is 9.05. The molecule has 6 heteroatoms. The zero-order valence-electron chi connectivity index (χ0n) is 19.1. The number of morpholine rings is 1. The summed E-state index contributed by atoms with van der Waals surface area (Å²) in [5.74, 6) is 0.639. The van der Waals surface area contributed by atoms with Gasteiger partial charge in [-0.2, -0.15) is 0 Å². The maximum Gasteiger partial charge on any atom is 0.257 e. The first-order chi connectivity index (χ1) is 15.6. The van der Waals surface area contributed by atoms with Crippen LogP contribution in [-0.4, -0.2) is 51.6 Å². The summed E-state index contributed by atoms with van der Waals surface area (Å²) in [6, 6.07) is 10.7. The lowest BCUT2D eigenvalue weighted by atomic mass is 9.95. The third kappa shape index (κ3) is 3.99. The molecular weight excluding hydrogens is 400 g/mol. The zero-order chi connectivity index (χ0) is 22.1. The van der Waals surface area contributed by atoms with Gasteiger partial charge in [0.05, 0.1) is 29.8 Å². The van der Waals surface area contributed by atoms with Gasteiger partial charge in [0.2, 0.25) is 0 Å². The Hall–Kier alpha value is -2.86. The van der Waals surface area contributed by atoms with Gasteiger partial charge in [0, 0.05) is 30.5 Å². The SMILES string of the molecule is Cc1cc(/C=C(/C(=O)N2CCOCC2)c2nc3ccccc3[nH]2)c(C)n1C1CCCCC1. The Balaban J connectivity index is 1.57. The molecule has 1 saturated carbocycles. The molecule has 2 aromatic heterocycles. The number of rotatable bonds is 4. The number of H-pyrrole nitrogens is 1. The van der Waals surface area contributed by atoms with E-state index in [2.05, 4.69) is 29.5 Å². The van der Waals surface area contributed by atoms with Gasteiger partial charge in [-0.3, -0.25) is 4.79 Å². The third-order valence-corrected chi connectivity index (χ3v) is 6.94. The number of aryl methyl sites for hydroxylation is 1. The Bertz CT molecular complexity index is 1110. The quantitative estimate of drug-likeness (QED) is 0.597. The average molecular weight is 433 g/mol. The highest BCUT2D eigenvalue weighted by molar-refractivity contribution is 6.23. The van der Waals surface area contributed by atoms with Crippen LogP contribution in [0, 0.1) is 13.8 Å². The summed E-state index contributed by atoms with van der Waals surface area (Å²) in [5.41, 5.74) is 6.03. The fraction of sp³-hybridized carbons (Fsp3) is 0.462. The predicted octanol–water partition coefficient (Wildman–Crippen LogP) is 4.89. The number of aromatic nitrogens is 3. The topological polar surface area (TPSA) is 63.2 Å². The lowest BCUT2D eigenvalue weighted by Gasteiger charge is -2.27. The van der Waals surface area contributed by atoms with E-state index in [1.165, 1.54) is 43.5 Å². The van der Waals surface area contributed by atoms with Gasteiger partial charge in [0.25, 0.3) is 5.91 Å². The van der Waals surface area contributed by atoms with Crippen LogP contribution in [0.4, 0.5) is 0 Å². The Labute approximate surface area is 189 Å². The van der Waals surface area contributed by atoms with E-state index in [0.717, 1.165) is 16.6 Å². The van der Waals surface area contributed by atoms with Gasteiger partial charge < -0.3 is 19.2 Å². The molecule has 1 aliphatic heterocycles. The van der Waals surface area contributed by atoms with E-state index in [-0.39, 0.29) is 5.91 Å². The van der Waals surface area contributed by atoms with E-state index in [0.29, 0.717) is 43.7 Å². The van der Waals surface area contributed by atoms with Crippen molar-refractivity contribution >= 4 is 28.6 Å². The summed E-state index contributed by atoms with van der Waals surface area (Å²) >= 11 is 0. The van der Waals surface area contributed by atoms with Gasteiger partial charge in [-0.15, -0.1) is 0 Å². The van der Waals surface area contributed by atoms with Crippen LogP contribution in [0.5, 0.6) is 0 Å². The van der Waals surface area contributed by atoms with E-state index in [1.54, 1.807) is 0 Å². The highest BCUT2D eigenvalue weighted by Gasteiger charge is 2.25. The second kappa shape index (κ2) is 8.94. The molecule has 2 aliphatic rings. The molecule has 32 heavy (non-hydrogen) atoms. The van der Waals surface area contributed by atoms with Gasteiger partial charge in [-0.05, 0) is 56.5 Å². The molecule has 0 radical (unpaired) electrons. The smallest absolute Gasteiger partial charge is 0.257 e. The number of nitrogens with one attached hydrogen (secondary N) is 1. The molecule has 3 heterocycles. The number of ether oxygens (including phenoxy) is 1. The van der Waals surface area contributed by atoms with Crippen molar-refractivity contribution in [3.8, 4) is 0 Å². The average Bonchev–Trinajstić information content (AvgIpc) is 3.38. The Morgan fingerprint density at radius 2 is 1.88 bits per heavy atom. The zero-order valence-corrected chi connectivity index (χ0v) is 19.1. The number of fused-ring (bicyclic) bond motifs is 1. The first kappa shape index (κ1) is 21.0. The number of hydrogen-bond acceptors (Lipinski definition) is 3. The summed E-state index contributed by atoms with van der Waals surface area (Å²) in [5, 5.41) is 0. The Morgan fingerprint density at radius 3 is 2.62 bits per heavy atom. The van der Waals surface area contributed by atoms with E-state index in [9.17, 15) is 4.79 Å². The van der Waals surface area contributed by atoms with Crippen molar-refractivity contribution in [3.05, 3.63) is 53.1 Å². The van der Waals surface area contributed by atoms with Crippen LogP contribution in [0.25, 0.3) is 22.7 Å². The maximum atomic E-state index is 13.6. The van der Waals surface area contributed by atoms with Gasteiger partial charge in [-0.25, -0.2) is 4.98 Å². The second-order valence-corrected chi connectivity index (χ2v) is 9.05. The third-order valence-electron chi connectivity index (χ3n) is 6.94. The fourth-order valence-corrected chi connectivity index (χ4v) is 5.25. The molecule has 6 nitrogen and oxygen atoms in total. The number of carbonyl (C=O) groups is 1. The van der Waals surface area contributed by atoms with Gasteiger partial charge >= 0.3 is 0 Å². The molecule has 2 fully saturated rings. The number of imidazole rings is 1. The van der Waals surface area contributed by atoms with Crippen molar-refractivity contribution in [2.24, 2.45) is 0 Å². The van der Waals surface area contributed by atoms with E-state index < -0.39 is 0 Å². The number of aromatic amines is 1. The fourth-order valence-electron chi connectivity index (χ4n) is 5.25. The first-order valence-corrected chi connectivity index (χ1v) is 11.8. The van der Waals surface area contributed by atoms with Crippen molar-refractivity contribution in [3.63, 3.8) is 0 Å². The van der Waals surface area contributed by atoms with Gasteiger partial charge in [0.15, 0.2) is 0 Å². The van der Waals surface area contributed by atoms with E-state index in [4.69, 9.17) is 9.72 Å². The molecule has 1 aliphatic carbocycles. The molecule has 1 amide bonds. The molecule has 1 aromatic carbocycles. The Morgan fingerprint density at radius 1 is 1.12 bits per heavy atom. The molecule has 0 bridgehead atoms. The summed E-state index contributed by atoms with van der Waals surface area (Å²) < 4.78 is 7.95. The van der Waals surface area contributed by atoms with Crippen molar-refractivity contribution in [1.82, 2.24) is 19.4 Å². The van der Waals surface area contributed by atoms with Gasteiger partial charge in [0.1, 0.15) is 5.82 Å². The molecule has 1 saturated heterocycles. The van der Waals surface area contributed by atoms with Crippen molar-refractivity contribution in [1.29, 1.82) is 0 Å². The van der Waals surface area contributed by atoms with E-state index in [1.807, 2.05) is 35.2 Å². The molecule has 0 unspecified atom stereocenters. The van der Waals surface area contributed by atoms with Crippen LogP contribution in [0.2, 0.25) is 0 Å². The van der Waals surface area contributed by atoms with Crippen LogP contribution in [0.15, 0.2) is 30.3 Å². The van der Waals surface area contributed by atoms with Crippen LogP contribution >= 0.6 is 0 Å². The predicted molar refractivity (Wildman–Crippen MR) is 127 cm³/mol. The molecule has 1 N–H and O–H groups in total. The number of nitrogens with zero attached hydrogens (tertiary/aromatic N) is 3. The summed E-state index contributed by atoms with van der Waals surface area (Å²) in [6.07, 6.45) is 8.45. The lowest BCUT2D eigenvalue weighted by molar-refractivity contribution is -0.128. The largest absolute Gasteiger partial charge is 0.378 e. The van der Waals surface area contributed by atoms with Crippen LogP contribution in [0.1, 0.15) is 60.9 Å². The van der Waals surface area contributed by atoms with Crippen molar-refractivity contribution in [2.45, 2.75) is 52.0 Å². The van der Waals surface area contributed by atoms with Crippen LogP contribution < -0.4 is 0 Å². The summed E-state index contributed by atoms with van der Waals surface area (Å²) in [7, 11) is 0. The molecule has 168 valence electrons. The standard InChI is InChI=1S/C26H32N4O2/c1-18-16-20(19(2)30(18)21-8-4-3-5-9-21)17-22(26(31)29-12-14-32-15-13-29)25-27-23-10-6-7-11-24(23)28-25/h6-7,10-11,16-17,21H,3-5,8-9,12-15H2,1-2H3,(H,27,28)/b22-17+. The summed E-state index contributed by atoms with van der Waals surface area (Å²) in [4.78, 5) is 23.6. The van der Waals surface area contributed by atoms with Crippen LogP contribution in [0.3, 0.4) is 0 Å². The number of hydrogen-bond donors (Lipinski definition) is 1. The number of carbonyl (C=O) groups excluding carboxylic acids is 1. The Kier molecular flexibility index (Phi) is 5.87. The minimum Gasteiger partial charge on any atom is -0.378 e. The number of benzene rings is 1. The van der Waals surface area contributed by atoms with Crippen LogP contribution in [-0.2, 0) is 9.53 Å². The normalized spacial score (nSPS) is 18.4. The summed E-state index contributed by atoms with van der Waals surface area (Å²) in [6.45, 7) is 6.74. The van der Waals surface area contributed by atoms with Gasteiger partial charge in [-0.1, -0.05) is 31.4 Å². The number of para-hydroxylation sites is 2. The molecular formula is C26H32N4O2. The molecule has 0 spiro atoms. The number of amides is 1. The maximum absolute atomic E-state index is 13.6. The minimum atomic E-state index is 0.00910. The highest BCUT2D eigenvalue weighted by Crippen LogP contribution is 2.33. The molecule has 3 aromatic rings. The highest BCUT2D eigenvalue weighted by atomic mass is 16.5. The monoisotopic (exact) mass is 432 g/mol. The first-order valence-electron chi connectivity index (χ1n) is 11.8. The molecule has 5 rings (SSSR count). The van der Waals surface area contributed by atoms with Crippen molar-refractivity contribution in [2.75, 3.05) is 26.3 Å².